The Hall–Kier alpha value is -4.07. The van der Waals surface area contributed by atoms with E-state index in [0.717, 1.165) is 0 Å². The minimum Gasteiger partial charge on any atom is -0.444 e. The third kappa shape index (κ3) is 4.85. The third-order valence-electron chi connectivity index (χ3n) is 4.31. The maximum atomic E-state index is 13.1. The van der Waals surface area contributed by atoms with E-state index in [1.807, 2.05) is 0 Å². The lowest BCUT2D eigenvalue weighted by Gasteiger charge is -2.18. The van der Waals surface area contributed by atoms with Crippen molar-refractivity contribution in [3.8, 4) is 0 Å². The number of hydrogen-bond acceptors (Lipinski definition) is 5. The van der Waals surface area contributed by atoms with Gasteiger partial charge in [-0.15, -0.1) is 0 Å². The maximum absolute atomic E-state index is 13.1. The number of halogens is 1. The SMILES string of the molecule is Cc1cc(C(=O)O[C@@H](C(=O)Nc2ccc(F)cc2)c2ccccc2)ccc1[N+](=O)[O-]. The molecule has 152 valence electrons. The molecule has 1 N–H and O–H groups in total. The van der Waals surface area contributed by atoms with E-state index in [2.05, 4.69) is 5.32 Å². The minimum atomic E-state index is -1.28. The number of benzene rings is 3. The van der Waals surface area contributed by atoms with Crippen LogP contribution in [0.4, 0.5) is 15.8 Å². The van der Waals surface area contributed by atoms with Crippen LogP contribution in [0.15, 0.2) is 72.8 Å². The molecule has 3 aromatic rings. The number of carbonyl (C=O) groups is 2. The van der Waals surface area contributed by atoms with Crippen LogP contribution in [-0.4, -0.2) is 16.8 Å². The second-order valence-electron chi connectivity index (χ2n) is 6.45. The van der Waals surface area contributed by atoms with Crippen LogP contribution in [0.25, 0.3) is 0 Å². The minimum absolute atomic E-state index is 0.0774. The van der Waals surface area contributed by atoms with Crippen LogP contribution >= 0.6 is 0 Å². The summed E-state index contributed by atoms with van der Waals surface area (Å²) in [5, 5.41) is 13.6. The summed E-state index contributed by atoms with van der Waals surface area (Å²) in [4.78, 5) is 35.9. The molecule has 3 aromatic carbocycles. The van der Waals surface area contributed by atoms with E-state index in [0.29, 0.717) is 16.8 Å². The average molecular weight is 408 g/mol. The van der Waals surface area contributed by atoms with Gasteiger partial charge in [-0.3, -0.25) is 14.9 Å². The summed E-state index contributed by atoms with van der Waals surface area (Å²) in [6, 6.07) is 17.4. The van der Waals surface area contributed by atoms with Gasteiger partial charge in [0.05, 0.1) is 10.5 Å². The molecule has 0 heterocycles. The quantitative estimate of drug-likeness (QED) is 0.366. The lowest BCUT2D eigenvalue weighted by molar-refractivity contribution is -0.385. The van der Waals surface area contributed by atoms with E-state index < -0.39 is 28.7 Å². The van der Waals surface area contributed by atoms with Crippen molar-refractivity contribution in [3.63, 3.8) is 0 Å². The summed E-state index contributed by atoms with van der Waals surface area (Å²) in [5.74, 6) is -1.89. The molecule has 30 heavy (non-hydrogen) atoms. The molecule has 0 saturated carbocycles. The molecule has 0 radical (unpaired) electrons. The molecular weight excluding hydrogens is 391 g/mol. The van der Waals surface area contributed by atoms with Crippen LogP contribution in [-0.2, 0) is 9.53 Å². The molecule has 1 amide bonds. The van der Waals surface area contributed by atoms with Gasteiger partial charge in [-0.25, -0.2) is 9.18 Å². The predicted octanol–water partition coefficient (Wildman–Crippen LogP) is 4.58. The van der Waals surface area contributed by atoms with Crippen molar-refractivity contribution in [3.05, 3.63) is 105 Å². The van der Waals surface area contributed by atoms with E-state index in [9.17, 15) is 24.1 Å². The number of hydrogen-bond donors (Lipinski definition) is 1. The van der Waals surface area contributed by atoms with Crippen LogP contribution in [0.5, 0.6) is 0 Å². The van der Waals surface area contributed by atoms with Crippen LogP contribution < -0.4 is 5.32 Å². The number of ether oxygens (including phenoxy) is 1. The van der Waals surface area contributed by atoms with Crippen molar-refractivity contribution >= 4 is 23.3 Å². The largest absolute Gasteiger partial charge is 0.444 e. The van der Waals surface area contributed by atoms with E-state index in [-0.39, 0.29) is 11.3 Å². The summed E-state index contributed by atoms with van der Waals surface area (Å²) in [6.07, 6.45) is -1.28. The lowest BCUT2D eigenvalue weighted by Crippen LogP contribution is -2.26. The molecule has 0 bridgehead atoms. The van der Waals surface area contributed by atoms with E-state index in [1.54, 1.807) is 30.3 Å². The lowest BCUT2D eigenvalue weighted by atomic mass is 10.1. The zero-order valence-corrected chi connectivity index (χ0v) is 15.9. The normalized spacial score (nSPS) is 11.4. The first kappa shape index (κ1) is 20.7. The van der Waals surface area contributed by atoms with Gasteiger partial charge in [0.15, 0.2) is 0 Å². The highest BCUT2D eigenvalue weighted by Gasteiger charge is 2.26. The highest BCUT2D eigenvalue weighted by atomic mass is 19.1. The van der Waals surface area contributed by atoms with Crippen LogP contribution in [0.2, 0.25) is 0 Å². The molecule has 0 aliphatic heterocycles. The van der Waals surface area contributed by atoms with E-state index >= 15 is 0 Å². The molecular formula is C22H17FN2O5. The standard InChI is InChI=1S/C22H17FN2O5/c1-14-13-16(7-12-19(14)25(28)29)22(27)30-20(15-5-3-2-4-6-15)21(26)24-18-10-8-17(23)9-11-18/h2-13,20H,1H3,(H,24,26)/t20-/m1/s1. The Morgan fingerprint density at radius 1 is 1.03 bits per heavy atom. The summed E-state index contributed by atoms with van der Waals surface area (Å²) in [6.45, 7) is 1.50. The zero-order valence-electron chi connectivity index (χ0n) is 15.9. The number of anilines is 1. The third-order valence-corrected chi connectivity index (χ3v) is 4.31. The van der Waals surface area contributed by atoms with Gasteiger partial charge in [0.2, 0.25) is 6.10 Å². The van der Waals surface area contributed by atoms with Crippen molar-refractivity contribution < 1.29 is 23.6 Å². The molecule has 0 spiro atoms. The van der Waals surface area contributed by atoms with Gasteiger partial charge in [0.1, 0.15) is 5.82 Å². The monoisotopic (exact) mass is 408 g/mol. The first-order valence-corrected chi connectivity index (χ1v) is 8.92. The van der Waals surface area contributed by atoms with Gasteiger partial charge >= 0.3 is 5.97 Å². The Labute approximate surface area is 171 Å². The first-order valence-electron chi connectivity index (χ1n) is 8.92. The van der Waals surface area contributed by atoms with Gasteiger partial charge < -0.3 is 10.1 Å². The molecule has 7 nitrogen and oxygen atoms in total. The summed E-state index contributed by atoms with van der Waals surface area (Å²) < 4.78 is 18.5. The molecule has 0 aromatic heterocycles. The Kier molecular flexibility index (Phi) is 6.17. The molecule has 8 heteroatoms. The number of amides is 1. The predicted molar refractivity (Wildman–Crippen MR) is 107 cm³/mol. The number of esters is 1. The summed E-state index contributed by atoms with van der Waals surface area (Å²) in [5.41, 5.74) is 1.02. The average Bonchev–Trinajstić information content (AvgIpc) is 2.73. The summed E-state index contributed by atoms with van der Waals surface area (Å²) in [7, 11) is 0. The number of carbonyl (C=O) groups excluding carboxylic acids is 2. The number of nitro benzene ring substituents is 1. The Balaban J connectivity index is 1.85. The Bertz CT molecular complexity index is 1080. The Morgan fingerprint density at radius 2 is 1.70 bits per heavy atom. The molecule has 0 aliphatic rings. The van der Waals surface area contributed by atoms with Crippen molar-refractivity contribution in [2.45, 2.75) is 13.0 Å². The van der Waals surface area contributed by atoms with Crippen molar-refractivity contribution in [2.24, 2.45) is 0 Å². The maximum Gasteiger partial charge on any atom is 0.339 e. The van der Waals surface area contributed by atoms with E-state index in [1.165, 1.54) is 49.4 Å². The van der Waals surface area contributed by atoms with Gasteiger partial charge in [0.25, 0.3) is 11.6 Å². The van der Waals surface area contributed by atoms with Gasteiger partial charge in [0, 0.05) is 22.9 Å². The van der Waals surface area contributed by atoms with Crippen molar-refractivity contribution in [1.82, 2.24) is 0 Å². The molecule has 0 unspecified atom stereocenters. The molecule has 3 rings (SSSR count). The van der Waals surface area contributed by atoms with Crippen LogP contribution in [0, 0.1) is 22.9 Å². The summed E-state index contributed by atoms with van der Waals surface area (Å²) >= 11 is 0. The molecule has 0 aliphatic carbocycles. The fourth-order valence-corrected chi connectivity index (χ4v) is 2.80. The second-order valence-corrected chi connectivity index (χ2v) is 6.45. The van der Waals surface area contributed by atoms with Gasteiger partial charge in [-0.2, -0.15) is 0 Å². The smallest absolute Gasteiger partial charge is 0.339 e. The number of nitro groups is 1. The number of aryl methyl sites for hydroxylation is 1. The van der Waals surface area contributed by atoms with Crippen molar-refractivity contribution in [2.75, 3.05) is 5.32 Å². The highest BCUT2D eigenvalue weighted by molar-refractivity contribution is 5.98. The van der Waals surface area contributed by atoms with Crippen LogP contribution in [0.1, 0.15) is 27.6 Å². The van der Waals surface area contributed by atoms with Crippen molar-refractivity contribution in [1.29, 1.82) is 0 Å². The zero-order chi connectivity index (χ0) is 21.7. The molecule has 0 fully saturated rings. The molecule has 1 atom stereocenters. The second kappa shape index (κ2) is 8.95. The van der Waals surface area contributed by atoms with E-state index in [4.69, 9.17) is 4.74 Å². The fraction of sp³-hybridized carbons (Fsp3) is 0.0909. The van der Waals surface area contributed by atoms with Gasteiger partial charge in [-0.1, -0.05) is 30.3 Å². The van der Waals surface area contributed by atoms with Gasteiger partial charge in [-0.05, 0) is 43.3 Å². The van der Waals surface area contributed by atoms with Crippen LogP contribution in [0.3, 0.4) is 0 Å². The fourth-order valence-electron chi connectivity index (χ4n) is 2.80. The Morgan fingerprint density at radius 3 is 2.30 bits per heavy atom. The number of nitrogens with zero attached hydrogens (tertiary/aromatic N) is 1. The number of rotatable bonds is 6. The topological polar surface area (TPSA) is 98.5 Å². The number of nitrogens with one attached hydrogen (secondary N) is 1. The molecule has 0 saturated heterocycles. The first-order chi connectivity index (χ1) is 14.3. The highest BCUT2D eigenvalue weighted by Crippen LogP contribution is 2.24.